The van der Waals surface area contributed by atoms with Gasteiger partial charge < -0.3 is 15.2 Å². The van der Waals surface area contributed by atoms with E-state index < -0.39 is 26.3 Å². The van der Waals surface area contributed by atoms with E-state index in [1.807, 2.05) is 30.3 Å². The second kappa shape index (κ2) is 10.4. The average molecular weight is 584 g/mol. The number of anilines is 1. The largest absolute Gasteiger partial charge is 0.506 e. The Balaban J connectivity index is 1.42. The van der Waals surface area contributed by atoms with Crippen molar-refractivity contribution in [1.82, 2.24) is 9.55 Å². The molecule has 0 fully saturated rings. The number of nitro groups is 1. The van der Waals surface area contributed by atoms with Crippen LogP contribution in [-0.4, -0.2) is 33.8 Å². The lowest BCUT2D eigenvalue weighted by atomic mass is 10.1. The van der Waals surface area contributed by atoms with Crippen molar-refractivity contribution in [2.75, 3.05) is 5.32 Å². The molecule has 3 aromatic carbocycles. The molecule has 0 radical (unpaired) electrons. The molecule has 1 aliphatic heterocycles. The monoisotopic (exact) mass is 583 g/mol. The predicted octanol–water partition coefficient (Wildman–Crippen LogP) is 4.20. The molecule has 12 nitrogen and oxygen atoms in total. The standard InChI is InChI=1S/C29H21N5O7S/c35-26-21-8-5-15-30-28(21)33(16-18-6-2-1-3-7-18)29(36)24(26)27-31-25-22(9-4-10-23(25)42(39,40)32-27)41-17-19-11-13-20(14-12-19)34(37)38/h1-15,35H,16-17H2,(H,31,32). The summed E-state index contributed by atoms with van der Waals surface area (Å²) in [4.78, 5) is 28.4. The molecule has 42 heavy (non-hydrogen) atoms. The van der Waals surface area contributed by atoms with Crippen molar-refractivity contribution < 1.29 is 23.2 Å². The number of hydrogen-bond donors (Lipinski definition) is 2. The van der Waals surface area contributed by atoms with Crippen LogP contribution in [0.3, 0.4) is 0 Å². The van der Waals surface area contributed by atoms with E-state index in [1.165, 1.54) is 53.2 Å². The molecule has 1 aliphatic rings. The number of non-ortho nitro benzene ring substituents is 1. The van der Waals surface area contributed by atoms with Crippen molar-refractivity contribution in [3.8, 4) is 11.5 Å². The minimum atomic E-state index is -4.32. The highest BCUT2D eigenvalue weighted by atomic mass is 32.2. The highest BCUT2D eigenvalue weighted by molar-refractivity contribution is 7.90. The fourth-order valence-electron chi connectivity index (χ4n) is 4.65. The van der Waals surface area contributed by atoms with Crippen molar-refractivity contribution in [2.24, 2.45) is 4.40 Å². The van der Waals surface area contributed by atoms with Gasteiger partial charge in [0.2, 0.25) is 0 Å². The van der Waals surface area contributed by atoms with E-state index in [-0.39, 0.29) is 57.6 Å². The summed E-state index contributed by atoms with van der Waals surface area (Å²) < 4.78 is 37.7. The van der Waals surface area contributed by atoms with E-state index in [2.05, 4.69) is 14.7 Å². The third-order valence-corrected chi connectivity index (χ3v) is 7.99. The number of fused-ring (bicyclic) bond motifs is 2. The van der Waals surface area contributed by atoms with Gasteiger partial charge in [0.05, 0.1) is 16.9 Å². The Hall–Kier alpha value is -5.56. The van der Waals surface area contributed by atoms with Crippen molar-refractivity contribution in [3.05, 3.63) is 128 Å². The number of sulfonamides is 1. The highest BCUT2D eigenvalue weighted by Gasteiger charge is 2.32. The lowest BCUT2D eigenvalue weighted by Crippen LogP contribution is -2.33. The van der Waals surface area contributed by atoms with E-state index in [4.69, 9.17) is 4.74 Å². The molecule has 0 aliphatic carbocycles. The lowest BCUT2D eigenvalue weighted by molar-refractivity contribution is -0.384. The molecule has 6 rings (SSSR count). The van der Waals surface area contributed by atoms with Crippen molar-refractivity contribution in [2.45, 2.75) is 18.0 Å². The number of benzene rings is 3. The first-order chi connectivity index (χ1) is 20.2. The Morgan fingerprint density at radius 2 is 1.71 bits per heavy atom. The molecule has 2 N–H and O–H groups in total. The number of nitrogens with one attached hydrogen (secondary N) is 1. The second-order valence-electron chi connectivity index (χ2n) is 9.36. The summed E-state index contributed by atoms with van der Waals surface area (Å²) in [6.45, 7) is 0.0834. The zero-order chi connectivity index (χ0) is 29.4. The van der Waals surface area contributed by atoms with Gasteiger partial charge in [-0.3, -0.25) is 19.5 Å². The molecule has 2 aromatic heterocycles. The maximum absolute atomic E-state index is 13.9. The molecule has 13 heteroatoms. The molecule has 0 unspecified atom stereocenters. The molecule has 0 saturated carbocycles. The number of para-hydroxylation sites is 1. The molecule has 0 spiro atoms. The summed E-state index contributed by atoms with van der Waals surface area (Å²) in [5, 5.41) is 25.3. The Kier molecular flexibility index (Phi) is 6.63. The smallest absolute Gasteiger partial charge is 0.286 e. The van der Waals surface area contributed by atoms with Gasteiger partial charge in [0.15, 0.2) is 5.84 Å². The number of rotatable bonds is 7. The molecule has 3 heterocycles. The van der Waals surface area contributed by atoms with Crippen molar-refractivity contribution in [1.29, 1.82) is 0 Å². The van der Waals surface area contributed by atoms with Crippen LogP contribution in [0.4, 0.5) is 11.4 Å². The fourth-order valence-corrected chi connectivity index (χ4v) is 5.79. The highest BCUT2D eigenvalue weighted by Crippen LogP contribution is 2.38. The van der Waals surface area contributed by atoms with Gasteiger partial charge in [-0.05, 0) is 47.5 Å². The van der Waals surface area contributed by atoms with Crippen LogP contribution in [0, 0.1) is 10.1 Å². The van der Waals surface area contributed by atoms with E-state index >= 15 is 0 Å². The SMILES string of the molecule is O=c1c(C2=NS(=O)(=O)c3cccc(OCc4ccc([N+](=O)[O-])cc4)c3N2)c(O)c2cccnc2n1Cc1ccccc1. The number of nitro benzene ring substituents is 1. The summed E-state index contributed by atoms with van der Waals surface area (Å²) in [5.74, 6) is -0.709. The summed E-state index contributed by atoms with van der Waals surface area (Å²) >= 11 is 0. The summed E-state index contributed by atoms with van der Waals surface area (Å²) in [6.07, 6.45) is 1.49. The molecule has 210 valence electrons. The zero-order valence-electron chi connectivity index (χ0n) is 21.7. The normalized spacial score (nSPS) is 13.6. The van der Waals surface area contributed by atoms with E-state index in [0.29, 0.717) is 5.56 Å². The molecule has 0 amide bonds. The molecular formula is C29H21N5O7S. The number of hydrogen-bond acceptors (Lipinski definition) is 9. The maximum atomic E-state index is 13.9. The minimum Gasteiger partial charge on any atom is -0.506 e. The van der Waals surface area contributed by atoms with Crippen molar-refractivity contribution in [3.63, 3.8) is 0 Å². The summed E-state index contributed by atoms with van der Waals surface area (Å²) in [7, 11) is -4.32. The lowest BCUT2D eigenvalue weighted by Gasteiger charge is -2.22. The zero-order valence-corrected chi connectivity index (χ0v) is 22.5. The van der Waals surface area contributed by atoms with Crippen LogP contribution in [0.5, 0.6) is 11.5 Å². The van der Waals surface area contributed by atoms with E-state index in [0.717, 1.165) is 5.56 Å². The number of aromatic hydroxyl groups is 1. The van der Waals surface area contributed by atoms with E-state index in [1.54, 1.807) is 12.1 Å². The first-order valence-corrected chi connectivity index (χ1v) is 14.0. The summed E-state index contributed by atoms with van der Waals surface area (Å²) in [6, 6.07) is 22.4. The van der Waals surface area contributed by atoms with Crippen LogP contribution >= 0.6 is 0 Å². The third kappa shape index (κ3) is 4.81. The van der Waals surface area contributed by atoms with Crippen LogP contribution in [0.2, 0.25) is 0 Å². The van der Waals surface area contributed by atoms with Gasteiger partial charge >= 0.3 is 0 Å². The van der Waals surface area contributed by atoms with Crippen LogP contribution in [-0.2, 0) is 23.2 Å². The number of aromatic nitrogens is 2. The van der Waals surface area contributed by atoms with Gasteiger partial charge in [0.25, 0.3) is 21.3 Å². The number of pyridine rings is 2. The van der Waals surface area contributed by atoms with Crippen molar-refractivity contribution >= 4 is 38.3 Å². The number of nitrogens with zero attached hydrogens (tertiary/aromatic N) is 4. The van der Waals surface area contributed by atoms with Gasteiger partial charge in [0.1, 0.15) is 39.9 Å². The Labute approximate surface area is 238 Å². The fraction of sp³-hybridized carbons (Fsp3) is 0.0690. The summed E-state index contributed by atoms with van der Waals surface area (Å²) in [5.41, 5.74) is 0.537. The Morgan fingerprint density at radius 3 is 2.45 bits per heavy atom. The molecule has 0 bridgehead atoms. The minimum absolute atomic E-state index is 0.0283. The Bertz CT molecular complexity index is 2060. The molecular weight excluding hydrogens is 562 g/mol. The van der Waals surface area contributed by atoms with Gasteiger partial charge in [-0.15, -0.1) is 4.40 Å². The molecule has 0 atom stereocenters. The Morgan fingerprint density at radius 1 is 0.952 bits per heavy atom. The quantitative estimate of drug-likeness (QED) is 0.211. The molecule has 5 aromatic rings. The van der Waals surface area contributed by atoms with Gasteiger partial charge in [-0.2, -0.15) is 8.42 Å². The number of amidine groups is 1. The van der Waals surface area contributed by atoms with Gasteiger partial charge in [-0.1, -0.05) is 36.4 Å². The van der Waals surface area contributed by atoms with Crippen LogP contribution in [0.1, 0.15) is 16.7 Å². The number of ether oxygens (including phenoxy) is 1. The maximum Gasteiger partial charge on any atom is 0.286 e. The molecule has 0 saturated heterocycles. The topological polar surface area (TPSA) is 166 Å². The second-order valence-corrected chi connectivity index (χ2v) is 10.9. The van der Waals surface area contributed by atoms with Gasteiger partial charge in [-0.25, -0.2) is 4.98 Å². The third-order valence-electron chi connectivity index (χ3n) is 6.68. The van der Waals surface area contributed by atoms with Crippen LogP contribution in [0.25, 0.3) is 11.0 Å². The first-order valence-electron chi connectivity index (χ1n) is 12.6. The van der Waals surface area contributed by atoms with Crippen LogP contribution in [0.15, 0.2) is 105 Å². The first kappa shape index (κ1) is 26.7. The van der Waals surface area contributed by atoms with Crippen LogP contribution < -0.4 is 15.6 Å². The van der Waals surface area contributed by atoms with E-state index in [9.17, 15) is 28.4 Å². The predicted molar refractivity (Wildman–Crippen MR) is 154 cm³/mol. The average Bonchev–Trinajstić information content (AvgIpc) is 2.99. The van der Waals surface area contributed by atoms with Gasteiger partial charge in [0, 0.05) is 18.3 Å².